The van der Waals surface area contributed by atoms with E-state index in [-0.39, 0.29) is 21.8 Å². The maximum atomic E-state index is 12.9. The highest BCUT2D eigenvalue weighted by Gasteiger charge is 2.23. The molecule has 0 heterocycles. The first-order chi connectivity index (χ1) is 12.1. The van der Waals surface area contributed by atoms with Crippen LogP contribution in [0.5, 0.6) is 0 Å². The third kappa shape index (κ3) is 4.41. The van der Waals surface area contributed by atoms with E-state index in [1.165, 1.54) is 32.0 Å². The van der Waals surface area contributed by atoms with E-state index < -0.39 is 32.7 Å². The lowest BCUT2D eigenvalue weighted by Crippen LogP contribution is -2.41. The zero-order valence-electron chi connectivity index (χ0n) is 13.9. The van der Waals surface area contributed by atoms with E-state index in [2.05, 4.69) is 10.0 Å². The summed E-state index contributed by atoms with van der Waals surface area (Å²) in [4.78, 5) is 22.4. The fourth-order valence-electron chi connectivity index (χ4n) is 2.17. The Balaban J connectivity index is 2.14. The molecule has 0 aromatic heterocycles. The van der Waals surface area contributed by atoms with Crippen molar-refractivity contribution in [1.29, 1.82) is 0 Å². The minimum absolute atomic E-state index is 0.164. The average Bonchev–Trinajstić information content (AvgIpc) is 2.56. The first-order valence-corrected chi connectivity index (χ1v) is 8.93. The SMILES string of the molecule is Cc1c(NC(=O)[C@@H](C)NS(=O)(=O)c2ccc(F)cc2)cccc1[N+](=O)[O-]. The van der Waals surface area contributed by atoms with Crippen molar-refractivity contribution >= 4 is 27.3 Å². The van der Waals surface area contributed by atoms with Crippen molar-refractivity contribution in [2.45, 2.75) is 24.8 Å². The van der Waals surface area contributed by atoms with Gasteiger partial charge in [0.1, 0.15) is 5.82 Å². The Morgan fingerprint density at radius 3 is 2.38 bits per heavy atom. The van der Waals surface area contributed by atoms with Gasteiger partial charge in [-0.3, -0.25) is 14.9 Å². The number of amides is 1. The van der Waals surface area contributed by atoms with Crippen LogP contribution in [0, 0.1) is 22.9 Å². The number of nitro groups is 1. The number of rotatable bonds is 6. The van der Waals surface area contributed by atoms with Crippen molar-refractivity contribution in [3.05, 3.63) is 64.0 Å². The molecule has 138 valence electrons. The Labute approximate surface area is 149 Å². The summed E-state index contributed by atoms with van der Waals surface area (Å²) in [6.07, 6.45) is 0. The minimum atomic E-state index is -4.03. The number of halogens is 1. The molecule has 26 heavy (non-hydrogen) atoms. The van der Waals surface area contributed by atoms with Gasteiger partial charge in [0.05, 0.1) is 27.1 Å². The Bertz CT molecular complexity index is 945. The van der Waals surface area contributed by atoms with Gasteiger partial charge in [0.15, 0.2) is 0 Å². The van der Waals surface area contributed by atoms with Crippen LogP contribution in [0.25, 0.3) is 0 Å². The zero-order chi connectivity index (χ0) is 19.5. The normalized spacial score (nSPS) is 12.4. The van der Waals surface area contributed by atoms with E-state index in [1.54, 1.807) is 0 Å². The molecule has 0 fully saturated rings. The third-order valence-electron chi connectivity index (χ3n) is 3.61. The predicted molar refractivity (Wildman–Crippen MR) is 92.6 cm³/mol. The van der Waals surface area contributed by atoms with Gasteiger partial charge in [-0.1, -0.05) is 6.07 Å². The Kier molecular flexibility index (Phi) is 5.68. The first kappa shape index (κ1) is 19.5. The second-order valence-corrected chi connectivity index (χ2v) is 7.21. The van der Waals surface area contributed by atoms with E-state index >= 15 is 0 Å². The van der Waals surface area contributed by atoms with E-state index in [0.717, 1.165) is 24.3 Å². The molecule has 10 heteroatoms. The Hall–Kier alpha value is -2.85. The second kappa shape index (κ2) is 7.58. The number of hydrogen-bond donors (Lipinski definition) is 2. The van der Waals surface area contributed by atoms with Crippen LogP contribution in [0.1, 0.15) is 12.5 Å². The fourth-order valence-corrected chi connectivity index (χ4v) is 3.37. The zero-order valence-corrected chi connectivity index (χ0v) is 14.7. The molecule has 8 nitrogen and oxygen atoms in total. The van der Waals surface area contributed by atoms with Crippen LogP contribution in [0.2, 0.25) is 0 Å². The topological polar surface area (TPSA) is 118 Å². The molecule has 1 atom stereocenters. The molecule has 0 saturated heterocycles. The van der Waals surface area contributed by atoms with Crippen LogP contribution in [0.4, 0.5) is 15.8 Å². The van der Waals surface area contributed by atoms with E-state index in [1.807, 2.05) is 0 Å². The maximum Gasteiger partial charge on any atom is 0.274 e. The number of nitrogens with one attached hydrogen (secondary N) is 2. The van der Waals surface area contributed by atoms with Crippen LogP contribution >= 0.6 is 0 Å². The van der Waals surface area contributed by atoms with Crippen molar-refractivity contribution in [2.24, 2.45) is 0 Å². The number of sulfonamides is 1. The molecule has 2 rings (SSSR count). The molecule has 0 aliphatic carbocycles. The summed E-state index contributed by atoms with van der Waals surface area (Å²) in [5.41, 5.74) is 0.291. The van der Waals surface area contributed by atoms with Crippen molar-refractivity contribution in [3.63, 3.8) is 0 Å². The van der Waals surface area contributed by atoms with Gasteiger partial charge < -0.3 is 5.32 Å². The number of carbonyl (C=O) groups is 1. The highest BCUT2D eigenvalue weighted by Crippen LogP contribution is 2.25. The molecular formula is C16H16FN3O5S. The molecule has 2 aromatic carbocycles. The van der Waals surface area contributed by atoms with Crippen LogP contribution in [0.15, 0.2) is 47.4 Å². The third-order valence-corrected chi connectivity index (χ3v) is 5.17. The van der Waals surface area contributed by atoms with E-state index in [0.29, 0.717) is 0 Å². The maximum absolute atomic E-state index is 12.9. The fraction of sp³-hybridized carbons (Fsp3) is 0.188. The van der Waals surface area contributed by atoms with Gasteiger partial charge >= 0.3 is 0 Å². The first-order valence-electron chi connectivity index (χ1n) is 7.44. The average molecular weight is 381 g/mol. The smallest absolute Gasteiger partial charge is 0.274 e. The summed E-state index contributed by atoms with van der Waals surface area (Å²) in [7, 11) is -4.03. The molecule has 0 spiro atoms. The summed E-state index contributed by atoms with van der Waals surface area (Å²) < 4.78 is 39.5. The molecule has 2 N–H and O–H groups in total. The summed E-state index contributed by atoms with van der Waals surface area (Å²) >= 11 is 0. The van der Waals surface area contributed by atoms with Crippen molar-refractivity contribution in [1.82, 2.24) is 4.72 Å². The molecule has 0 unspecified atom stereocenters. The van der Waals surface area contributed by atoms with Gasteiger partial charge in [-0.15, -0.1) is 0 Å². The summed E-state index contributed by atoms with van der Waals surface area (Å²) in [6, 6.07) is 7.15. The summed E-state index contributed by atoms with van der Waals surface area (Å²) in [5.74, 6) is -1.28. The standard InChI is InChI=1S/C16H16FN3O5S/c1-10-14(4-3-5-15(10)20(22)23)18-16(21)11(2)19-26(24,25)13-8-6-12(17)7-9-13/h3-9,11,19H,1-2H3,(H,18,21)/t11-/m1/s1. The van der Waals surface area contributed by atoms with Crippen LogP contribution in [-0.2, 0) is 14.8 Å². The van der Waals surface area contributed by atoms with Gasteiger partial charge in [-0.25, -0.2) is 12.8 Å². The van der Waals surface area contributed by atoms with Crippen LogP contribution < -0.4 is 10.0 Å². The second-order valence-electron chi connectivity index (χ2n) is 5.49. The highest BCUT2D eigenvalue weighted by molar-refractivity contribution is 7.89. The molecule has 0 aliphatic heterocycles. The summed E-state index contributed by atoms with van der Waals surface area (Å²) in [6.45, 7) is 2.80. The molecule has 0 aliphatic rings. The molecule has 0 bridgehead atoms. The van der Waals surface area contributed by atoms with Crippen LogP contribution in [0.3, 0.4) is 0 Å². The number of carbonyl (C=O) groups excluding carboxylic acids is 1. The van der Waals surface area contributed by atoms with Gasteiger partial charge in [0.25, 0.3) is 5.69 Å². The van der Waals surface area contributed by atoms with Gasteiger partial charge in [-0.2, -0.15) is 4.72 Å². The lowest BCUT2D eigenvalue weighted by atomic mass is 10.1. The largest absolute Gasteiger partial charge is 0.324 e. The Morgan fingerprint density at radius 2 is 1.81 bits per heavy atom. The Morgan fingerprint density at radius 1 is 1.19 bits per heavy atom. The van der Waals surface area contributed by atoms with Crippen molar-refractivity contribution < 1.29 is 22.5 Å². The van der Waals surface area contributed by atoms with Crippen molar-refractivity contribution in [2.75, 3.05) is 5.32 Å². The summed E-state index contributed by atoms with van der Waals surface area (Å²) in [5, 5.41) is 13.4. The number of nitro benzene ring substituents is 1. The van der Waals surface area contributed by atoms with Gasteiger partial charge in [0.2, 0.25) is 15.9 Å². The number of nitrogens with zero attached hydrogens (tertiary/aromatic N) is 1. The molecule has 0 saturated carbocycles. The quantitative estimate of drug-likeness (QED) is 0.588. The van der Waals surface area contributed by atoms with Crippen molar-refractivity contribution in [3.8, 4) is 0 Å². The number of anilines is 1. The monoisotopic (exact) mass is 381 g/mol. The number of hydrogen-bond acceptors (Lipinski definition) is 5. The number of benzene rings is 2. The molecular weight excluding hydrogens is 365 g/mol. The van der Waals surface area contributed by atoms with E-state index in [9.17, 15) is 27.7 Å². The molecule has 2 aromatic rings. The predicted octanol–water partition coefficient (Wildman–Crippen LogP) is 2.35. The van der Waals surface area contributed by atoms with Gasteiger partial charge in [0, 0.05) is 6.07 Å². The van der Waals surface area contributed by atoms with Gasteiger partial charge in [-0.05, 0) is 44.2 Å². The highest BCUT2D eigenvalue weighted by atomic mass is 32.2. The lowest BCUT2D eigenvalue weighted by Gasteiger charge is -2.15. The van der Waals surface area contributed by atoms with E-state index in [4.69, 9.17) is 0 Å². The van der Waals surface area contributed by atoms with Crippen LogP contribution in [-0.4, -0.2) is 25.3 Å². The molecule has 1 amide bonds. The minimum Gasteiger partial charge on any atom is -0.324 e. The molecule has 0 radical (unpaired) electrons. The lowest BCUT2D eigenvalue weighted by molar-refractivity contribution is -0.385.